The van der Waals surface area contributed by atoms with Crippen LogP contribution in [0.15, 0.2) is 35.2 Å². The number of sulfonamides is 1. The monoisotopic (exact) mass is 337 g/mol. The maximum absolute atomic E-state index is 13.4. The van der Waals surface area contributed by atoms with Crippen molar-refractivity contribution in [2.75, 3.05) is 0 Å². The summed E-state index contributed by atoms with van der Waals surface area (Å²) in [6, 6.07) is 3.61. The smallest absolute Gasteiger partial charge is 0.207 e. The van der Waals surface area contributed by atoms with E-state index in [1.165, 1.54) is 0 Å². The predicted molar refractivity (Wildman–Crippen MR) is 66.7 cm³/mol. The summed E-state index contributed by atoms with van der Waals surface area (Å²) in [6.07, 6.45) is 0. The highest BCUT2D eigenvalue weighted by molar-refractivity contribution is 7.89. The molecule has 0 aliphatic rings. The summed E-state index contributed by atoms with van der Waals surface area (Å²) >= 11 is 0. The second-order valence-electron chi connectivity index (χ2n) is 4.25. The van der Waals surface area contributed by atoms with Crippen LogP contribution in [0.25, 0.3) is 0 Å². The first-order valence-electron chi connectivity index (χ1n) is 5.79. The zero-order valence-corrected chi connectivity index (χ0v) is 11.5. The van der Waals surface area contributed by atoms with Crippen LogP contribution < -0.4 is 4.72 Å². The SMILES string of the molecule is O=S(=O)(NCc1cc(F)c(F)c(F)c1)c1c(F)cccc1F. The molecule has 0 saturated carbocycles. The molecule has 118 valence electrons. The van der Waals surface area contributed by atoms with Gasteiger partial charge >= 0.3 is 0 Å². The maximum Gasteiger partial charge on any atom is 0.246 e. The predicted octanol–water partition coefficient (Wildman–Crippen LogP) is 2.86. The minimum absolute atomic E-state index is 0.253. The van der Waals surface area contributed by atoms with Crippen molar-refractivity contribution in [3.8, 4) is 0 Å². The Bertz CT molecular complexity index is 780. The minimum Gasteiger partial charge on any atom is -0.207 e. The Morgan fingerprint density at radius 2 is 1.36 bits per heavy atom. The molecular formula is C13H8F5NO2S. The number of halogens is 5. The van der Waals surface area contributed by atoms with Crippen molar-refractivity contribution in [2.45, 2.75) is 11.4 Å². The molecule has 0 aliphatic carbocycles. The van der Waals surface area contributed by atoms with Crippen molar-refractivity contribution < 1.29 is 30.4 Å². The molecule has 9 heteroatoms. The highest BCUT2D eigenvalue weighted by Gasteiger charge is 2.23. The van der Waals surface area contributed by atoms with E-state index in [4.69, 9.17) is 0 Å². The van der Waals surface area contributed by atoms with E-state index in [-0.39, 0.29) is 5.56 Å². The molecule has 0 saturated heterocycles. The molecule has 2 aromatic rings. The lowest BCUT2D eigenvalue weighted by Gasteiger charge is -2.09. The highest BCUT2D eigenvalue weighted by atomic mass is 32.2. The highest BCUT2D eigenvalue weighted by Crippen LogP contribution is 2.19. The van der Waals surface area contributed by atoms with Crippen LogP contribution in [0, 0.1) is 29.1 Å². The van der Waals surface area contributed by atoms with Gasteiger partial charge in [0.2, 0.25) is 10.0 Å². The quantitative estimate of drug-likeness (QED) is 0.689. The minimum atomic E-state index is -4.59. The molecule has 0 fully saturated rings. The van der Waals surface area contributed by atoms with Gasteiger partial charge in [0, 0.05) is 6.54 Å². The zero-order chi connectivity index (χ0) is 16.5. The number of rotatable bonds is 4. The molecule has 0 aliphatic heterocycles. The van der Waals surface area contributed by atoms with Gasteiger partial charge in [-0.2, -0.15) is 0 Å². The number of nitrogens with one attached hydrogen (secondary N) is 1. The lowest BCUT2D eigenvalue weighted by atomic mass is 10.2. The molecule has 0 bridgehead atoms. The topological polar surface area (TPSA) is 46.2 Å². The van der Waals surface area contributed by atoms with Crippen LogP contribution >= 0.6 is 0 Å². The van der Waals surface area contributed by atoms with Gasteiger partial charge in [-0.3, -0.25) is 0 Å². The molecule has 2 aromatic carbocycles. The Kier molecular flexibility index (Phi) is 4.47. The first kappa shape index (κ1) is 16.4. The van der Waals surface area contributed by atoms with Gasteiger partial charge in [-0.15, -0.1) is 0 Å². The average molecular weight is 337 g/mol. The van der Waals surface area contributed by atoms with Gasteiger partial charge in [0.05, 0.1) is 0 Å². The Morgan fingerprint density at radius 3 is 1.86 bits per heavy atom. The van der Waals surface area contributed by atoms with Crippen molar-refractivity contribution in [1.29, 1.82) is 0 Å². The average Bonchev–Trinajstić information content (AvgIpc) is 2.42. The van der Waals surface area contributed by atoms with Gasteiger partial charge in [0.15, 0.2) is 22.3 Å². The summed E-state index contributed by atoms with van der Waals surface area (Å²) < 4.78 is 91.1. The van der Waals surface area contributed by atoms with Crippen LogP contribution in [0.4, 0.5) is 22.0 Å². The van der Waals surface area contributed by atoms with Crippen molar-refractivity contribution in [2.24, 2.45) is 0 Å². The van der Waals surface area contributed by atoms with Crippen molar-refractivity contribution >= 4 is 10.0 Å². The standard InChI is InChI=1S/C13H8F5NO2S/c14-8-2-1-3-9(15)13(8)22(20,21)19-6-7-4-10(16)12(18)11(17)5-7/h1-5,19H,6H2. The Hall–Kier alpha value is -2.00. The maximum atomic E-state index is 13.4. The molecule has 0 amide bonds. The Labute approximate surface area is 122 Å². The normalized spacial score (nSPS) is 11.7. The largest absolute Gasteiger partial charge is 0.246 e. The van der Waals surface area contributed by atoms with E-state index >= 15 is 0 Å². The summed E-state index contributed by atoms with van der Waals surface area (Å²) in [6.45, 7) is -0.676. The van der Waals surface area contributed by atoms with Gasteiger partial charge in [0.25, 0.3) is 0 Å². The Morgan fingerprint density at radius 1 is 0.864 bits per heavy atom. The number of hydrogen-bond acceptors (Lipinski definition) is 2. The lowest BCUT2D eigenvalue weighted by Crippen LogP contribution is -2.25. The molecule has 2 rings (SSSR count). The second kappa shape index (κ2) is 6.01. The molecule has 22 heavy (non-hydrogen) atoms. The van der Waals surface area contributed by atoms with E-state index in [1.807, 2.05) is 0 Å². The summed E-state index contributed by atoms with van der Waals surface area (Å²) in [7, 11) is -4.59. The summed E-state index contributed by atoms with van der Waals surface area (Å²) in [4.78, 5) is -1.21. The van der Waals surface area contributed by atoms with E-state index < -0.39 is 50.5 Å². The third-order valence-corrected chi connectivity index (χ3v) is 4.15. The molecular weight excluding hydrogens is 329 g/mol. The molecule has 0 atom stereocenters. The fraction of sp³-hybridized carbons (Fsp3) is 0.0769. The first-order chi connectivity index (χ1) is 10.2. The molecule has 3 nitrogen and oxygen atoms in total. The zero-order valence-electron chi connectivity index (χ0n) is 10.7. The molecule has 0 aromatic heterocycles. The van der Waals surface area contributed by atoms with Crippen LogP contribution in [0.5, 0.6) is 0 Å². The van der Waals surface area contributed by atoms with Crippen LogP contribution in [-0.4, -0.2) is 8.42 Å². The fourth-order valence-electron chi connectivity index (χ4n) is 1.70. The van der Waals surface area contributed by atoms with Crippen molar-refractivity contribution in [1.82, 2.24) is 4.72 Å². The second-order valence-corrected chi connectivity index (χ2v) is 5.95. The van der Waals surface area contributed by atoms with E-state index in [9.17, 15) is 30.4 Å². The molecule has 0 unspecified atom stereocenters. The lowest BCUT2D eigenvalue weighted by molar-refractivity contribution is 0.445. The van der Waals surface area contributed by atoms with Gasteiger partial charge in [-0.25, -0.2) is 35.1 Å². The summed E-state index contributed by atoms with van der Waals surface area (Å²) in [5.74, 6) is -7.35. The van der Waals surface area contributed by atoms with E-state index in [1.54, 1.807) is 4.72 Å². The molecule has 0 radical (unpaired) electrons. The first-order valence-corrected chi connectivity index (χ1v) is 7.28. The van der Waals surface area contributed by atoms with Gasteiger partial charge < -0.3 is 0 Å². The van der Waals surface area contributed by atoms with Crippen molar-refractivity contribution in [3.05, 3.63) is 65.0 Å². The van der Waals surface area contributed by atoms with E-state index in [2.05, 4.69) is 0 Å². The molecule has 1 N–H and O–H groups in total. The van der Waals surface area contributed by atoms with E-state index in [0.717, 1.165) is 18.2 Å². The van der Waals surface area contributed by atoms with Crippen molar-refractivity contribution in [3.63, 3.8) is 0 Å². The number of hydrogen-bond donors (Lipinski definition) is 1. The van der Waals surface area contributed by atoms with Crippen LogP contribution in [0.3, 0.4) is 0 Å². The molecule has 0 heterocycles. The summed E-state index contributed by atoms with van der Waals surface area (Å²) in [5, 5.41) is 0. The van der Waals surface area contributed by atoms with Crippen LogP contribution in [0.1, 0.15) is 5.56 Å². The van der Waals surface area contributed by atoms with Gasteiger partial charge in [-0.1, -0.05) is 6.07 Å². The van der Waals surface area contributed by atoms with Gasteiger partial charge in [-0.05, 0) is 29.8 Å². The van der Waals surface area contributed by atoms with Gasteiger partial charge in [0.1, 0.15) is 11.6 Å². The van der Waals surface area contributed by atoms with Crippen LogP contribution in [0.2, 0.25) is 0 Å². The number of benzene rings is 2. The summed E-state index contributed by atoms with van der Waals surface area (Å²) in [5.41, 5.74) is -0.253. The Balaban J connectivity index is 2.28. The van der Waals surface area contributed by atoms with E-state index in [0.29, 0.717) is 12.1 Å². The van der Waals surface area contributed by atoms with Crippen LogP contribution in [-0.2, 0) is 16.6 Å². The third kappa shape index (κ3) is 3.25. The third-order valence-electron chi connectivity index (χ3n) is 2.70. The molecule has 0 spiro atoms. The fourth-order valence-corrected chi connectivity index (χ4v) is 2.85.